The maximum absolute atomic E-state index is 2.53. The molecule has 1 aliphatic carbocycles. The molecule has 172 valence electrons. The molecule has 0 heterocycles. The van der Waals surface area contributed by atoms with Gasteiger partial charge in [0, 0.05) is 22.3 Å². The lowest BCUT2D eigenvalue weighted by atomic mass is 9.79. The zero-order valence-electron chi connectivity index (χ0n) is 21.5. The second kappa shape index (κ2) is 7.87. The average molecular weight is 446 g/mol. The smallest absolute Gasteiger partial charge is 0.0449 e. The molecule has 0 unspecified atom stereocenters. The molecule has 1 heteroatoms. The van der Waals surface area contributed by atoms with Gasteiger partial charge in [-0.2, -0.15) is 0 Å². The van der Waals surface area contributed by atoms with E-state index in [4.69, 9.17) is 0 Å². The Bertz CT molecular complexity index is 1370. The van der Waals surface area contributed by atoms with Crippen LogP contribution in [0.25, 0.3) is 22.3 Å². The number of rotatable bonds is 3. The van der Waals surface area contributed by atoms with Gasteiger partial charge in [0.2, 0.25) is 0 Å². The summed E-state index contributed by atoms with van der Waals surface area (Å²) >= 11 is 0. The van der Waals surface area contributed by atoms with Gasteiger partial charge in [0.1, 0.15) is 0 Å². The number of nitrogens with zero attached hydrogens (tertiary/aromatic N) is 1. The van der Waals surface area contributed by atoms with E-state index in [0.29, 0.717) is 0 Å². The van der Waals surface area contributed by atoms with E-state index in [1.54, 1.807) is 0 Å². The third-order valence-electron chi connectivity index (χ3n) is 7.41. The van der Waals surface area contributed by atoms with Crippen molar-refractivity contribution in [2.45, 2.75) is 59.4 Å². The molecule has 0 N–H and O–H groups in total. The van der Waals surface area contributed by atoms with E-state index in [1.807, 2.05) is 0 Å². The summed E-state index contributed by atoms with van der Waals surface area (Å²) in [4.78, 5) is 2.53. The Labute approximate surface area is 205 Å². The normalized spacial score (nSPS) is 14.0. The van der Waals surface area contributed by atoms with Crippen LogP contribution in [-0.4, -0.2) is 5.54 Å². The molecular formula is C33H35N. The molecule has 4 aromatic carbocycles. The van der Waals surface area contributed by atoms with Crippen LogP contribution < -0.4 is 4.90 Å². The molecular weight excluding hydrogens is 410 g/mol. The molecule has 0 saturated carbocycles. The summed E-state index contributed by atoms with van der Waals surface area (Å²) < 4.78 is 0. The average Bonchev–Trinajstić information content (AvgIpc) is 3.04. The molecule has 0 aliphatic heterocycles. The lowest BCUT2D eigenvalue weighted by Crippen LogP contribution is -2.38. The Balaban J connectivity index is 1.67. The number of anilines is 2. The van der Waals surface area contributed by atoms with E-state index in [-0.39, 0.29) is 11.0 Å². The van der Waals surface area contributed by atoms with Crippen molar-refractivity contribution in [2.75, 3.05) is 4.90 Å². The van der Waals surface area contributed by atoms with E-state index in [0.717, 1.165) is 0 Å². The zero-order valence-corrected chi connectivity index (χ0v) is 21.5. The molecule has 0 bridgehead atoms. The highest BCUT2D eigenvalue weighted by atomic mass is 15.2. The summed E-state index contributed by atoms with van der Waals surface area (Å²) in [6, 6.07) is 31.1. The van der Waals surface area contributed by atoms with Crippen LogP contribution in [0.1, 0.15) is 56.9 Å². The second-order valence-corrected chi connectivity index (χ2v) is 11.2. The molecule has 0 fully saturated rings. The van der Waals surface area contributed by atoms with Gasteiger partial charge in [-0.1, -0.05) is 80.6 Å². The highest BCUT2D eigenvalue weighted by molar-refractivity contribution is 5.86. The van der Waals surface area contributed by atoms with Crippen molar-refractivity contribution in [3.63, 3.8) is 0 Å². The number of fused-ring (bicyclic) bond motifs is 3. The van der Waals surface area contributed by atoms with Gasteiger partial charge in [-0.15, -0.1) is 0 Å². The van der Waals surface area contributed by atoms with Crippen LogP contribution in [0.3, 0.4) is 0 Å². The fourth-order valence-electron chi connectivity index (χ4n) is 5.94. The van der Waals surface area contributed by atoms with Gasteiger partial charge >= 0.3 is 0 Å². The molecule has 1 nitrogen and oxygen atoms in total. The first kappa shape index (κ1) is 22.5. The highest BCUT2D eigenvalue weighted by Crippen LogP contribution is 2.52. The van der Waals surface area contributed by atoms with Gasteiger partial charge in [0.25, 0.3) is 0 Å². The monoisotopic (exact) mass is 445 g/mol. The quantitative estimate of drug-likeness (QED) is 0.304. The van der Waals surface area contributed by atoms with Crippen molar-refractivity contribution in [1.29, 1.82) is 0 Å². The van der Waals surface area contributed by atoms with Gasteiger partial charge in [0.05, 0.1) is 0 Å². The van der Waals surface area contributed by atoms with E-state index >= 15 is 0 Å². The van der Waals surface area contributed by atoms with Gasteiger partial charge in [0.15, 0.2) is 0 Å². The summed E-state index contributed by atoms with van der Waals surface area (Å²) in [5.74, 6) is 0. The Kier molecular flexibility index (Phi) is 5.20. The SMILES string of the molecule is Cc1cc(-c2ccccc2)ccc1N(c1ccc2c(c1C)C(C)(C)c1ccccc1-2)C(C)(C)C. The fourth-order valence-corrected chi connectivity index (χ4v) is 5.94. The highest BCUT2D eigenvalue weighted by Gasteiger charge is 2.38. The molecule has 4 aromatic rings. The maximum atomic E-state index is 2.53. The molecule has 34 heavy (non-hydrogen) atoms. The lowest BCUT2D eigenvalue weighted by molar-refractivity contribution is 0.557. The van der Waals surface area contributed by atoms with Crippen molar-refractivity contribution in [2.24, 2.45) is 0 Å². The van der Waals surface area contributed by atoms with Crippen LogP contribution in [0.4, 0.5) is 11.4 Å². The van der Waals surface area contributed by atoms with E-state index in [1.165, 1.54) is 55.9 Å². The number of benzene rings is 4. The van der Waals surface area contributed by atoms with Gasteiger partial charge in [-0.3, -0.25) is 0 Å². The minimum absolute atomic E-state index is 0.0121. The van der Waals surface area contributed by atoms with Gasteiger partial charge in [-0.05, 0) is 97.3 Å². The largest absolute Gasteiger partial charge is 0.336 e. The molecule has 0 amide bonds. The summed E-state index contributed by atoms with van der Waals surface area (Å²) in [5, 5.41) is 0. The topological polar surface area (TPSA) is 3.24 Å². The van der Waals surface area contributed by atoms with E-state index in [2.05, 4.69) is 138 Å². The van der Waals surface area contributed by atoms with Crippen LogP contribution in [-0.2, 0) is 5.41 Å². The third kappa shape index (κ3) is 3.46. The van der Waals surface area contributed by atoms with E-state index < -0.39 is 0 Å². The Morgan fingerprint density at radius 1 is 0.647 bits per heavy atom. The Morgan fingerprint density at radius 3 is 1.97 bits per heavy atom. The number of aryl methyl sites for hydroxylation is 1. The van der Waals surface area contributed by atoms with Crippen LogP contribution in [0, 0.1) is 13.8 Å². The summed E-state index contributed by atoms with van der Waals surface area (Å²) in [7, 11) is 0. The number of hydrogen-bond acceptors (Lipinski definition) is 1. The predicted octanol–water partition coefficient (Wildman–Crippen LogP) is 9.21. The first-order valence-electron chi connectivity index (χ1n) is 12.3. The predicted molar refractivity (Wildman–Crippen MR) is 147 cm³/mol. The van der Waals surface area contributed by atoms with Crippen LogP contribution in [0.5, 0.6) is 0 Å². The summed E-state index contributed by atoms with van der Waals surface area (Å²) in [5.41, 5.74) is 13.3. The summed E-state index contributed by atoms with van der Waals surface area (Å²) in [6.45, 7) is 16.2. The van der Waals surface area contributed by atoms with Gasteiger partial charge < -0.3 is 4.90 Å². The van der Waals surface area contributed by atoms with Crippen LogP contribution >= 0.6 is 0 Å². The molecule has 1 aliphatic rings. The first-order valence-corrected chi connectivity index (χ1v) is 12.3. The maximum Gasteiger partial charge on any atom is 0.0449 e. The van der Waals surface area contributed by atoms with Crippen LogP contribution in [0.15, 0.2) is 84.9 Å². The van der Waals surface area contributed by atoms with Crippen molar-refractivity contribution < 1.29 is 0 Å². The summed E-state index contributed by atoms with van der Waals surface area (Å²) in [6.07, 6.45) is 0. The molecule has 0 atom stereocenters. The van der Waals surface area contributed by atoms with Gasteiger partial charge in [-0.25, -0.2) is 0 Å². The van der Waals surface area contributed by atoms with E-state index in [9.17, 15) is 0 Å². The third-order valence-corrected chi connectivity index (χ3v) is 7.41. The van der Waals surface area contributed by atoms with Crippen molar-refractivity contribution in [3.05, 3.63) is 107 Å². The zero-order chi connectivity index (χ0) is 24.3. The number of hydrogen-bond donors (Lipinski definition) is 0. The molecule has 0 spiro atoms. The van der Waals surface area contributed by atoms with Crippen molar-refractivity contribution >= 4 is 11.4 Å². The first-order chi connectivity index (χ1) is 16.1. The molecule has 0 saturated heterocycles. The second-order valence-electron chi connectivity index (χ2n) is 11.2. The minimum Gasteiger partial charge on any atom is -0.336 e. The van der Waals surface area contributed by atoms with Crippen LogP contribution in [0.2, 0.25) is 0 Å². The fraction of sp³-hybridized carbons (Fsp3) is 0.273. The minimum atomic E-state index is -0.0758. The van der Waals surface area contributed by atoms with Crippen molar-refractivity contribution in [1.82, 2.24) is 0 Å². The molecule has 0 radical (unpaired) electrons. The van der Waals surface area contributed by atoms with Crippen molar-refractivity contribution in [3.8, 4) is 22.3 Å². The molecule has 5 rings (SSSR count). The Morgan fingerprint density at radius 2 is 1.29 bits per heavy atom. The lowest BCUT2D eigenvalue weighted by Gasteiger charge is -2.41. The Hall–Kier alpha value is -3.32. The standard InChI is InChI=1S/C33H35N/c1-22-21-25(24-13-9-8-10-14-24)17-19-29(22)34(32(3,4)5)30-20-18-27-26-15-11-12-16-28(26)33(6,7)31(27)23(30)2/h8-21H,1-7H3. The molecule has 0 aromatic heterocycles.